The van der Waals surface area contributed by atoms with Crippen molar-refractivity contribution in [1.82, 2.24) is 9.62 Å². The fraction of sp³-hybridized carbons (Fsp3) is 0.458. The Bertz CT molecular complexity index is 1020. The first kappa shape index (κ1) is 22.5. The summed E-state index contributed by atoms with van der Waals surface area (Å²) in [6.45, 7) is 0.372. The first-order valence-corrected chi connectivity index (χ1v) is 13.3. The number of benzene rings is 2. The van der Waals surface area contributed by atoms with Gasteiger partial charge in [-0.25, -0.2) is 8.42 Å². The Morgan fingerprint density at radius 2 is 1.68 bits per heavy atom. The number of nitrogens with one attached hydrogen (secondary N) is 1. The van der Waals surface area contributed by atoms with E-state index < -0.39 is 16.1 Å². The van der Waals surface area contributed by atoms with Crippen LogP contribution in [0.25, 0.3) is 0 Å². The molecule has 1 atom stereocenters. The van der Waals surface area contributed by atoms with Gasteiger partial charge in [-0.15, -0.1) is 0 Å². The highest BCUT2D eigenvalue weighted by atomic mass is 79.9. The van der Waals surface area contributed by atoms with Gasteiger partial charge in [-0.2, -0.15) is 4.31 Å². The topological polar surface area (TPSA) is 66.5 Å². The third kappa shape index (κ3) is 5.21. The van der Waals surface area contributed by atoms with Crippen LogP contribution in [0, 0.1) is 0 Å². The van der Waals surface area contributed by atoms with Crippen molar-refractivity contribution in [3.8, 4) is 0 Å². The molecule has 1 aliphatic heterocycles. The van der Waals surface area contributed by atoms with E-state index in [0.29, 0.717) is 13.0 Å². The second-order valence-corrected chi connectivity index (χ2v) is 11.3. The zero-order valence-corrected chi connectivity index (χ0v) is 20.0. The van der Waals surface area contributed by atoms with Crippen LogP contribution in [0.2, 0.25) is 0 Å². The summed E-state index contributed by atoms with van der Waals surface area (Å²) in [5.41, 5.74) is 2.06. The highest BCUT2D eigenvalue weighted by molar-refractivity contribution is 9.10. The molecule has 0 bridgehead atoms. The number of amides is 1. The summed E-state index contributed by atoms with van der Waals surface area (Å²) in [6, 6.07) is 14.3. The minimum atomic E-state index is -3.72. The van der Waals surface area contributed by atoms with E-state index in [4.69, 9.17) is 0 Å². The summed E-state index contributed by atoms with van der Waals surface area (Å²) < 4.78 is 29.4. The number of hydrogen-bond acceptors (Lipinski definition) is 3. The van der Waals surface area contributed by atoms with Crippen LogP contribution in [0.3, 0.4) is 0 Å². The molecule has 2 aromatic carbocycles. The number of rotatable bonds is 5. The van der Waals surface area contributed by atoms with Crippen molar-refractivity contribution in [1.29, 1.82) is 0 Å². The minimum absolute atomic E-state index is 0.0652. The average Bonchev–Trinajstić information content (AvgIpc) is 3.02. The maximum Gasteiger partial charge on any atom is 0.243 e. The molecule has 1 aliphatic carbocycles. The summed E-state index contributed by atoms with van der Waals surface area (Å²) in [5.74, 6) is -0.0652. The smallest absolute Gasteiger partial charge is 0.243 e. The fourth-order valence-electron chi connectivity index (χ4n) is 4.76. The molecule has 7 heteroatoms. The van der Waals surface area contributed by atoms with E-state index in [-0.39, 0.29) is 23.3 Å². The monoisotopic (exact) mass is 504 g/mol. The van der Waals surface area contributed by atoms with Crippen molar-refractivity contribution < 1.29 is 13.2 Å². The van der Waals surface area contributed by atoms with Crippen LogP contribution in [0.5, 0.6) is 0 Å². The quantitative estimate of drug-likeness (QED) is 0.584. The number of carbonyl (C=O) groups is 1. The second kappa shape index (κ2) is 9.84. The molecule has 1 N–H and O–H groups in total. The maximum atomic E-state index is 13.5. The number of nitrogens with zero attached hydrogens (tertiary/aromatic N) is 1. The summed E-state index contributed by atoms with van der Waals surface area (Å²) in [5, 5.41) is 3.19. The lowest BCUT2D eigenvalue weighted by Crippen LogP contribution is -2.43. The minimum Gasteiger partial charge on any atom is -0.353 e. The van der Waals surface area contributed by atoms with Gasteiger partial charge in [0.15, 0.2) is 0 Å². The lowest BCUT2D eigenvalue weighted by atomic mass is 9.92. The molecule has 1 fully saturated rings. The van der Waals surface area contributed by atoms with Gasteiger partial charge in [-0.1, -0.05) is 65.9 Å². The van der Waals surface area contributed by atoms with Crippen LogP contribution in [0.1, 0.15) is 62.1 Å². The Hall–Kier alpha value is -1.70. The predicted molar refractivity (Wildman–Crippen MR) is 125 cm³/mol. The zero-order valence-electron chi connectivity index (χ0n) is 17.6. The Morgan fingerprint density at radius 1 is 1.00 bits per heavy atom. The van der Waals surface area contributed by atoms with E-state index in [1.165, 1.54) is 17.1 Å². The van der Waals surface area contributed by atoms with Crippen molar-refractivity contribution >= 4 is 31.9 Å². The molecular formula is C24H29BrN2O3S. The van der Waals surface area contributed by atoms with Gasteiger partial charge < -0.3 is 5.32 Å². The largest absolute Gasteiger partial charge is 0.353 e. The summed E-state index contributed by atoms with van der Waals surface area (Å²) >= 11 is 3.37. The first-order chi connectivity index (χ1) is 14.9. The first-order valence-electron chi connectivity index (χ1n) is 11.1. The van der Waals surface area contributed by atoms with Gasteiger partial charge in [-0.3, -0.25) is 4.79 Å². The van der Waals surface area contributed by atoms with E-state index >= 15 is 0 Å². The Morgan fingerprint density at radius 3 is 2.39 bits per heavy atom. The predicted octanol–water partition coefficient (Wildman–Crippen LogP) is 4.97. The van der Waals surface area contributed by atoms with Crippen LogP contribution >= 0.6 is 15.9 Å². The molecule has 2 aromatic rings. The van der Waals surface area contributed by atoms with E-state index in [1.807, 2.05) is 24.3 Å². The molecule has 1 heterocycles. The molecule has 4 rings (SSSR count). The number of hydrogen-bond donors (Lipinski definition) is 1. The van der Waals surface area contributed by atoms with Crippen LogP contribution in [-0.4, -0.2) is 31.2 Å². The lowest BCUT2D eigenvalue weighted by molar-refractivity contribution is -0.122. The number of halogens is 1. The highest BCUT2D eigenvalue weighted by Crippen LogP contribution is 2.36. The molecule has 5 nitrogen and oxygen atoms in total. The third-order valence-corrected chi connectivity index (χ3v) is 8.83. The van der Waals surface area contributed by atoms with Gasteiger partial charge in [0.25, 0.3) is 0 Å². The highest BCUT2D eigenvalue weighted by Gasteiger charge is 2.37. The van der Waals surface area contributed by atoms with Crippen LogP contribution < -0.4 is 5.32 Å². The molecule has 166 valence electrons. The Balaban J connectivity index is 1.60. The molecule has 0 spiro atoms. The molecule has 1 saturated carbocycles. The average molecular weight is 505 g/mol. The standard InChI is InChI=1S/C24H29BrN2O3S/c25-19-11-13-21(14-12-19)31(29,30)27-16-15-18-7-5-6-10-22(18)23(27)17-24(28)26-20-8-3-1-2-4-9-20/h5-7,10-14,20,23H,1-4,8-9,15-17H2,(H,26,28)/t23-/m1/s1. The van der Waals surface area contributed by atoms with Gasteiger partial charge in [0.1, 0.15) is 0 Å². The maximum absolute atomic E-state index is 13.5. The summed E-state index contributed by atoms with van der Waals surface area (Å²) in [7, 11) is -3.72. The van der Waals surface area contributed by atoms with Crippen molar-refractivity contribution in [2.45, 2.75) is 68.3 Å². The molecule has 0 unspecified atom stereocenters. The van der Waals surface area contributed by atoms with Crippen molar-refractivity contribution in [2.24, 2.45) is 0 Å². The lowest BCUT2D eigenvalue weighted by Gasteiger charge is -2.36. The van der Waals surface area contributed by atoms with E-state index in [9.17, 15) is 13.2 Å². The normalized spacial score (nSPS) is 20.6. The van der Waals surface area contributed by atoms with Gasteiger partial charge in [0.2, 0.25) is 15.9 Å². The molecule has 31 heavy (non-hydrogen) atoms. The Labute approximate surface area is 193 Å². The van der Waals surface area contributed by atoms with E-state index in [2.05, 4.69) is 21.2 Å². The number of sulfonamides is 1. The molecule has 0 radical (unpaired) electrons. The van der Waals surface area contributed by atoms with Crippen LogP contribution in [0.4, 0.5) is 0 Å². The van der Waals surface area contributed by atoms with Gasteiger partial charge in [0, 0.05) is 23.5 Å². The second-order valence-electron chi connectivity index (χ2n) is 8.49. The molecule has 1 amide bonds. The van der Waals surface area contributed by atoms with E-state index in [1.54, 1.807) is 24.3 Å². The fourth-order valence-corrected chi connectivity index (χ4v) is 6.63. The summed E-state index contributed by atoms with van der Waals surface area (Å²) in [6.07, 6.45) is 7.53. The third-order valence-electron chi connectivity index (χ3n) is 6.38. The zero-order chi connectivity index (χ0) is 21.8. The van der Waals surface area contributed by atoms with Crippen molar-refractivity contribution in [3.63, 3.8) is 0 Å². The SMILES string of the molecule is O=C(C[C@@H]1c2ccccc2CCN1S(=O)(=O)c1ccc(Br)cc1)NC1CCCCCC1. The van der Waals surface area contributed by atoms with Gasteiger partial charge in [0.05, 0.1) is 10.9 Å². The molecule has 0 saturated heterocycles. The molecular weight excluding hydrogens is 476 g/mol. The van der Waals surface area contributed by atoms with Crippen molar-refractivity contribution in [2.75, 3.05) is 6.54 Å². The van der Waals surface area contributed by atoms with Crippen LogP contribution in [-0.2, 0) is 21.2 Å². The van der Waals surface area contributed by atoms with Gasteiger partial charge >= 0.3 is 0 Å². The van der Waals surface area contributed by atoms with E-state index in [0.717, 1.165) is 41.3 Å². The summed E-state index contributed by atoms with van der Waals surface area (Å²) in [4.78, 5) is 13.3. The molecule has 0 aromatic heterocycles. The number of fused-ring (bicyclic) bond motifs is 1. The Kier molecular flexibility index (Phi) is 7.14. The van der Waals surface area contributed by atoms with Crippen molar-refractivity contribution in [3.05, 3.63) is 64.1 Å². The van der Waals surface area contributed by atoms with Crippen LogP contribution in [0.15, 0.2) is 57.9 Å². The number of carbonyl (C=O) groups excluding carboxylic acids is 1. The van der Waals surface area contributed by atoms with Gasteiger partial charge in [-0.05, 0) is 54.7 Å². The molecule has 2 aliphatic rings.